The van der Waals surface area contributed by atoms with E-state index in [4.69, 9.17) is 0 Å². The molecule has 1 N–H and O–H groups in total. The average molecular weight is 345 g/mol. The molecule has 0 aliphatic carbocycles. The van der Waals surface area contributed by atoms with E-state index in [0.717, 1.165) is 6.26 Å². The minimum absolute atomic E-state index is 0.194. The fourth-order valence-electron chi connectivity index (χ4n) is 2.40. The van der Waals surface area contributed by atoms with E-state index in [1.54, 1.807) is 6.92 Å². The summed E-state index contributed by atoms with van der Waals surface area (Å²) >= 11 is 0. The third-order valence-corrected chi connectivity index (χ3v) is 5.08. The van der Waals surface area contributed by atoms with Crippen LogP contribution in [0.4, 0.5) is 4.39 Å². The number of hydrazone groups is 1. The normalized spacial score (nSPS) is 17.7. The lowest BCUT2D eigenvalue weighted by atomic mass is 9.98. The summed E-state index contributed by atoms with van der Waals surface area (Å²) in [5.41, 5.74) is 2.56. The molecule has 0 atom stereocenters. The number of piperidine rings is 1. The molecule has 2 rings (SSSR count). The predicted octanol–water partition coefficient (Wildman–Crippen LogP) is 0.164. The highest BCUT2D eigenvalue weighted by molar-refractivity contribution is 7.88. The summed E-state index contributed by atoms with van der Waals surface area (Å²) in [6, 6.07) is 0. The molecule has 8 nitrogen and oxygen atoms in total. The minimum Gasteiger partial charge on any atom is -0.273 e. The molecule has 1 fully saturated rings. The molecule has 0 saturated carbocycles. The first-order chi connectivity index (χ1) is 10.8. The quantitative estimate of drug-likeness (QED) is 0.607. The Bertz CT molecular complexity index is 692. The number of halogens is 1. The number of sulfonamides is 1. The fraction of sp³-hybridized carbons (Fsp3) is 0.615. The Morgan fingerprint density at radius 1 is 1.52 bits per heavy atom. The molecule has 1 aromatic rings. The minimum atomic E-state index is -3.21. The summed E-state index contributed by atoms with van der Waals surface area (Å²) < 4.78 is 39.1. The van der Waals surface area contributed by atoms with Crippen molar-refractivity contribution in [3.8, 4) is 0 Å². The summed E-state index contributed by atoms with van der Waals surface area (Å²) in [4.78, 5) is 12.0. The average Bonchev–Trinajstić information content (AvgIpc) is 2.87. The van der Waals surface area contributed by atoms with Crippen molar-refractivity contribution >= 4 is 22.1 Å². The van der Waals surface area contributed by atoms with Crippen molar-refractivity contribution in [2.45, 2.75) is 26.3 Å². The van der Waals surface area contributed by atoms with Crippen molar-refractivity contribution in [3.05, 3.63) is 17.7 Å². The Morgan fingerprint density at radius 2 is 2.17 bits per heavy atom. The molecule has 1 aliphatic heterocycles. The van der Waals surface area contributed by atoms with E-state index in [0.29, 0.717) is 32.5 Å². The van der Waals surface area contributed by atoms with Gasteiger partial charge in [0.2, 0.25) is 21.9 Å². The first-order valence-electron chi connectivity index (χ1n) is 7.32. The van der Waals surface area contributed by atoms with Crippen LogP contribution < -0.4 is 5.43 Å². The molecule has 128 valence electrons. The topological polar surface area (TPSA) is 96.7 Å². The first kappa shape index (κ1) is 17.5. The van der Waals surface area contributed by atoms with Gasteiger partial charge < -0.3 is 0 Å². The van der Waals surface area contributed by atoms with Gasteiger partial charge in [0, 0.05) is 25.6 Å². The summed E-state index contributed by atoms with van der Waals surface area (Å²) in [5.74, 6) is -1.10. The Morgan fingerprint density at radius 3 is 2.70 bits per heavy atom. The van der Waals surface area contributed by atoms with E-state index in [9.17, 15) is 17.6 Å². The zero-order chi connectivity index (χ0) is 17.0. The van der Waals surface area contributed by atoms with Crippen LogP contribution in [0.5, 0.6) is 0 Å². The lowest BCUT2D eigenvalue weighted by Gasteiger charge is -2.28. The number of amides is 1. The number of hydrogen-bond donors (Lipinski definition) is 1. The largest absolute Gasteiger partial charge is 0.273 e. The lowest BCUT2D eigenvalue weighted by Crippen LogP contribution is -2.41. The highest BCUT2D eigenvalue weighted by atomic mass is 32.2. The second kappa shape index (κ2) is 7.18. The van der Waals surface area contributed by atoms with Crippen molar-refractivity contribution in [2.24, 2.45) is 11.0 Å². The molecule has 1 aliphatic rings. The van der Waals surface area contributed by atoms with E-state index in [-0.39, 0.29) is 17.4 Å². The summed E-state index contributed by atoms with van der Waals surface area (Å²) in [5, 5.41) is 7.57. The van der Waals surface area contributed by atoms with Crippen LogP contribution in [0.1, 0.15) is 25.3 Å². The molecule has 1 amide bonds. The van der Waals surface area contributed by atoms with Crippen LogP contribution in [0.3, 0.4) is 0 Å². The summed E-state index contributed by atoms with van der Waals surface area (Å²) in [6.45, 7) is 2.81. The van der Waals surface area contributed by atoms with Crippen molar-refractivity contribution in [1.82, 2.24) is 19.5 Å². The van der Waals surface area contributed by atoms with Gasteiger partial charge in [-0.1, -0.05) is 0 Å². The Hall–Kier alpha value is -1.81. The molecular weight excluding hydrogens is 325 g/mol. The van der Waals surface area contributed by atoms with E-state index in [2.05, 4.69) is 15.6 Å². The van der Waals surface area contributed by atoms with Crippen LogP contribution in [0.2, 0.25) is 0 Å². The van der Waals surface area contributed by atoms with Crippen molar-refractivity contribution < 1.29 is 17.6 Å². The van der Waals surface area contributed by atoms with Crippen molar-refractivity contribution in [1.29, 1.82) is 0 Å². The second-order valence-electron chi connectivity index (χ2n) is 5.38. The first-order valence-corrected chi connectivity index (χ1v) is 9.17. The maximum atomic E-state index is 13.7. The molecule has 0 unspecified atom stereocenters. The summed E-state index contributed by atoms with van der Waals surface area (Å²) in [7, 11) is -3.21. The smallest absolute Gasteiger partial charge is 0.243 e. The molecule has 0 bridgehead atoms. The predicted molar refractivity (Wildman–Crippen MR) is 82.7 cm³/mol. The zero-order valence-corrected chi connectivity index (χ0v) is 13.9. The lowest BCUT2D eigenvalue weighted by molar-refractivity contribution is -0.126. The van der Waals surface area contributed by atoms with Gasteiger partial charge in [-0.15, -0.1) is 0 Å². The molecule has 1 saturated heterocycles. The highest BCUT2D eigenvalue weighted by Crippen LogP contribution is 2.19. The third-order valence-electron chi connectivity index (χ3n) is 3.77. The Kier molecular flexibility index (Phi) is 5.47. The zero-order valence-electron chi connectivity index (χ0n) is 13.1. The highest BCUT2D eigenvalue weighted by Gasteiger charge is 2.28. The number of rotatable bonds is 5. The van der Waals surface area contributed by atoms with Gasteiger partial charge in [0.1, 0.15) is 0 Å². The number of nitrogens with one attached hydrogen (secondary N) is 1. The molecule has 0 aromatic carbocycles. The van der Waals surface area contributed by atoms with Gasteiger partial charge in [0.25, 0.3) is 0 Å². The van der Waals surface area contributed by atoms with Gasteiger partial charge in [-0.2, -0.15) is 14.6 Å². The van der Waals surface area contributed by atoms with E-state index in [1.807, 2.05) is 0 Å². The van der Waals surface area contributed by atoms with E-state index < -0.39 is 16.0 Å². The van der Waals surface area contributed by atoms with Crippen LogP contribution in [-0.4, -0.2) is 54.0 Å². The SMILES string of the molecule is CCn1ncc(/C=N/NC(=O)C2CCN(S(C)(=O)=O)CC2)c1F. The van der Waals surface area contributed by atoms with Crippen LogP contribution >= 0.6 is 0 Å². The number of nitrogens with zero attached hydrogens (tertiary/aromatic N) is 4. The molecular formula is C13H20FN5O3S. The van der Waals surface area contributed by atoms with Gasteiger partial charge in [0.05, 0.1) is 24.2 Å². The molecule has 1 aromatic heterocycles. The number of hydrogen-bond acceptors (Lipinski definition) is 5. The maximum Gasteiger partial charge on any atom is 0.243 e. The monoisotopic (exact) mass is 345 g/mol. The maximum absolute atomic E-state index is 13.7. The molecule has 0 radical (unpaired) electrons. The van der Waals surface area contributed by atoms with E-state index in [1.165, 1.54) is 21.4 Å². The number of carbonyl (C=O) groups excluding carboxylic acids is 1. The standard InChI is InChI=1S/C13H20FN5O3S/c1-3-19-12(14)11(9-16-19)8-15-17-13(20)10-4-6-18(7-5-10)23(2,21)22/h8-10H,3-7H2,1-2H3,(H,17,20)/b15-8+. The van der Waals surface area contributed by atoms with Gasteiger partial charge in [-0.3, -0.25) is 4.79 Å². The van der Waals surface area contributed by atoms with Crippen LogP contribution in [-0.2, 0) is 21.4 Å². The van der Waals surface area contributed by atoms with Gasteiger partial charge in [0.15, 0.2) is 0 Å². The van der Waals surface area contributed by atoms with Gasteiger partial charge >= 0.3 is 0 Å². The van der Waals surface area contributed by atoms with Crippen LogP contribution in [0.15, 0.2) is 11.3 Å². The molecule has 10 heteroatoms. The van der Waals surface area contributed by atoms with Crippen molar-refractivity contribution in [2.75, 3.05) is 19.3 Å². The van der Waals surface area contributed by atoms with Gasteiger partial charge in [-0.25, -0.2) is 22.8 Å². The van der Waals surface area contributed by atoms with Gasteiger partial charge in [-0.05, 0) is 19.8 Å². The molecule has 0 spiro atoms. The molecule has 2 heterocycles. The van der Waals surface area contributed by atoms with E-state index >= 15 is 0 Å². The Balaban J connectivity index is 1.86. The number of aryl methyl sites for hydroxylation is 1. The second-order valence-corrected chi connectivity index (χ2v) is 7.36. The summed E-state index contributed by atoms with van der Waals surface area (Å²) in [6.07, 6.45) is 4.58. The molecule has 23 heavy (non-hydrogen) atoms. The van der Waals surface area contributed by atoms with Crippen LogP contribution in [0, 0.1) is 11.9 Å². The fourth-order valence-corrected chi connectivity index (χ4v) is 3.27. The van der Waals surface area contributed by atoms with Crippen LogP contribution in [0.25, 0.3) is 0 Å². The number of aromatic nitrogens is 2. The van der Waals surface area contributed by atoms with Crippen molar-refractivity contribution in [3.63, 3.8) is 0 Å². The Labute approximate surface area is 134 Å². The number of carbonyl (C=O) groups is 1. The third kappa shape index (κ3) is 4.35.